The molecule has 0 spiro atoms. The second kappa shape index (κ2) is 23.6. The van der Waals surface area contributed by atoms with Crippen LogP contribution < -0.4 is 27.7 Å². The summed E-state index contributed by atoms with van der Waals surface area (Å²) in [5.74, 6) is 0. The van der Waals surface area contributed by atoms with E-state index in [9.17, 15) is 15.3 Å². The first kappa shape index (κ1) is 29.4. The second-order valence-electron chi connectivity index (χ2n) is 3.15. The predicted molar refractivity (Wildman–Crippen MR) is 45.4 cm³/mol. The Kier molecular flexibility index (Phi) is 49.5. The molecule has 0 radical (unpaired) electrons. The van der Waals surface area contributed by atoms with Crippen molar-refractivity contribution in [1.29, 1.82) is 0 Å². The van der Waals surface area contributed by atoms with Crippen molar-refractivity contribution in [2.45, 2.75) is 59.9 Å². The van der Waals surface area contributed by atoms with Gasteiger partial charge < -0.3 is 27.7 Å². The van der Waals surface area contributed by atoms with E-state index in [1.165, 1.54) is 0 Å². The molecule has 0 fully saturated rings. The van der Waals surface area contributed by atoms with Crippen LogP contribution in [-0.2, 0) is 21.7 Å². The Morgan fingerprint density at radius 3 is 0.571 bits per heavy atom. The molecule has 0 rings (SSSR count). The van der Waals surface area contributed by atoms with Crippen molar-refractivity contribution < 1.29 is 49.4 Å². The zero-order valence-corrected chi connectivity index (χ0v) is 12.2. The molecule has 0 aromatic rings. The van der Waals surface area contributed by atoms with Gasteiger partial charge in [0.15, 0.2) is 0 Å². The first-order valence-corrected chi connectivity index (χ1v) is 4.17. The molecule has 0 aromatic carbocycles. The van der Waals surface area contributed by atoms with Gasteiger partial charge in [-0.15, -0.1) is 18.3 Å². The van der Waals surface area contributed by atoms with Gasteiger partial charge >= 0.3 is 21.7 Å². The van der Waals surface area contributed by atoms with Crippen LogP contribution in [0.3, 0.4) is 0 Å². The van der Waals surface area contributed by atoms with Gasteiger partial charge in [0, 0.05) is 0 Å². The van der Waals surface area contributed by atoms with Crippen molar-refractivity contribution in [3.05, 3.63) is 0 Å². The van der Waals surface area contributed by atoms with Crippen molar-refractivity contribution >= 4 is 0 Å². The summed E-state index contributed by atoms with van der Waals surface area (Å²) in [6.07, 6.45) is -1.25. The molecule has 0 aliphatic heterocycles. The normalized spacial score (nSPS) is 7.71. The molecule has 0 amide bonds. The summed E-state index contributed by atoms with van der Waals surface area (Å²) in [7, 11) is 0. The van der Waals surface area contributed by atoms with Gasteiger partial charge in [-0.2, -0.15) is 0 Å². The van der Waals surface area contributed by atoms with Gasteiger partial charge in [-0.05, 0) is 0 Å². The molecule has 0 saturated heterocycles. The number of hydrogen-bond acceptors (Lipinski definition) is 3. The van der Waals surface area contributed by atoms with Gasteiger partial charge in [0.05, 0.1) is 0 Å². The molecule has 0 aliphatic rings. The van der Waals surface area contributed by atoms with E-state index < -0.39 is 18.3 Å². The number of rotatable bonds is 0. The van der Waals surface area contributed by atoms with E-state index in [-0.39, 0.29) is 34.1 Å². The Labute approximate surface area is 109 Å². The third-order valence-corrected chi connectivity index (χ3v) is 0. The van der Waals surface area contributed by atoms with Gasteiger partial charge in [-0.25, -0.2) is 0 Å². The second-order valence-corrected chi connectivity index (χ2v) is 3.15. The van der Waals surface area contributed by atoms with Crippen LogP contribution in [0.2, 0.25) is 0 Å². The summed E-state index contributed by atoms with van der Waals surface area (Å²) in [5.41, 5.74) is 0. The monoisotopic (exact) mass is 260 g/mol. The van der Waals surface area contributed by atoms with Crippen LogP contribution in [0.25, 0.3) is 0 Å². The third kappa shape index (κ3) is 2330. The molecule has 14 heavy (non-hydrogen) atoms. The maximum atomic E-state index is 9.53. The van der Waals surface area contributed by atoms with Gasteiger partial charge in [0.1, 0.15) is 0 Å². The Morgan fingerprint density at radius 1 is 0.571 bits per heavy atom. The molecule has 3 nitrogen and oxygen atoms in total. The fraction of sp³-hybridized carbons (Fsp3) is 1.00. The van der Waals surface area contributed by atoms with Crippen molar-refractivity contribution in [2.75, 3.05) is 0 Å². The van der Waals surface area contributed by atoms with Gasteiger partial charge in [0.25, 0.3) is 0 Å². The first-order chi connectivity index (χ1) is 5.20. The molecule has 0 heterocycles. The van der Waals surface area contributed by atoms with Crippen LogP contribution in [0.1, 0.15) is 41.5 Å². The van der Waals surface area contributed by atoms with Gasteiger partial charge in [-0.3, -0.25) is 0 Å². The Balaban J connectivity index is -0.0000000270. The zero-order valence-electron chi connectivity index (χ0n) is 9.83. The van der Waals surface area contributed by atoms with E-state index in [0.29, 0.717) is 0 Å². The van der Waals surface area contributed by atoms with Gasteiger partial charge in [0.2, 0.25) is 0 Å². The Hall–Kier alpha value is 0.884. The average Bonchev–Trinajstić information content (AvgIpc) is 1.54. The molecular formula is C9H21ClO3Ti. The standard InChI is InChI=1S/3C3H7O.ClH.Ti/c3*1-3(2)4;;/h3*3H,1-2H3;1H;/q3*-1;;+4/p-1. The van der Waals surface area contributed by atoms with Crippen LogP contribution in [0.15, 0.2) is 0 Å². The molecule has 86 valence electrons. The smallest absolute Gasteiger partial charge is 1.00 e. The average molecular weight is 261 g/mol. The van der Waals surface area contributed by atoms with Crippen LogP contribution >= 0.6 is 0 Å². The fourth-order valence-electron chi connectivity index (χ4n) is 0. The van der Waals surface area contributed by atoms with Crippen molar-refractivity contribution in [2.24, 2.45) is 0 Å². The molecule has 0 saturated carbocycles. The van der Waals surface area contributed by atoms with Crippen LogP contribution in [-0.4, -0.2) is 18.3 Å². The van der Waals surface area contributed by atoms with Gasteiger partial charge in [-0.1, -0.05) is 41.5 Å². The van der Waals surface area contributed by atoms with Crippen molar-refractivity contribution in [3.63, 3.8) is 0 Å². The van der Waals surface area contributed by atoms with E-state index in [0.717, 1.165) is 0 Å². The summed E-state index contributed by atoms with van der Waals surface area (Å²) in [6, 6.07) is 0. The summed E-state index contributed by atoms with van der Waals surface area (Å²) < 4.78 is 0. The summed E-state index contributed by atoms with van der Waals surface area (Å²) in [5, 5.41) is 28.6. The van der Waals surface area contributed by atoms with E-state index in [1.54, 1.807) is 41.5 Å². The fourth-order valence-corrected chi connectivity index (χ4v) is 0. The number of hydrogen-bond donors (Lipinski definition) is 0. The largest absolute Gasteiger partial charge is 4.00 e. The molecular weight excluding hydrogens is 239 g/mol. The molecule has 0 N–H and O–H groups in total. The van der Waals surface area contributed by atoms with E-state index in [1.807, 2.05) is 0 Å². The van der Waals surface area contributed by atoms with E-state index >= 15 is 0 Å². The number of halogens is 1. The van der Waals surface area contributed by atoms with Crippen LogP contribution in [0, 0.1) is 0 Å². The SMILES string of the molecule is CC(C)[O-].CC(C)[O-].CC(C)[O-].[Cl-].[Ti+4]. The Bertz CT molecular complexity index is 48.5. The summed E-state index contributed by atoms with van der Waals surface area (Å²) >= 11 is 0. The van der Waals surface area contributed by atoms with E-state index in [2.05, 4.69) is 0 Å². The summed E-state index contributed by atoms with van der Waals surface area (Å²) in [4.78, 5) is 0. The topological polar surface area (TPSA) is 69.2 Å². The molecule has 0 atom stereocenters. The Morgan fingerprint density at radius 2 is 0.571 bits per heavy atom. The third-order valence-electron chi connectivity index (χ3n) is 0. The molecule has 0 aromatic heterocycles. The quantitative estimate of drug-likeness (QED) is 0.421. The first-order valence-electron chi connectivity index (χ1n) is 4.17. The maximum absolute atomic E-state index is 9.53. The zero-order chi connectivity index (χ0) is 10.7. The minimum atomic E-state index is -0.417. The van der Waals surface area contributed by atoms with Crippen molar-refractivity contribution in [1.82, 2.24) is 0 Å². The predicted octanol–water partition coefficient (Wildman–Crippen LogP) is -3.73. The molecule has 5 heteroatoms. The molecule has 0 unspecified atom stereocenters. The summed E-state index contributed by atoms with van der Waals surface area (Å²) in [6.45, 7) is 9.67. The minimum absolute atomic E-state index is 0. The van der Waals surface area contributed by atoms with Crippen LogP contribution in [0.4, 0.5) is 0 Å². The molecule has 0 bridgehead atoms. The van der Waals surface area contributed by atoms with Crippen molar-refractivity contribution in [3.8, 4) is 0 Å². The molecule has 0 aliphatic carbocycles. The van der Waals surface area contributed by atoms with Crippen LogP contribution in [0.5, 0.6) is 0 Å². The maximum Gasteiger partial charge on any atom is 4.00 e. The minimum Gasteiger partial charge on any atom is -1.00 e. The van der Waals surface area contributed by atoms with E-state index in [4.69, 9.17) is 0 Å².